The molecule has 0 saturated heterocycles. The monoisotopic (exact) mass is 356 g/mol. The lowest BCUT2D eigenvalue weighted by Gasteiger charge is -2.05. The lowest BCUT2D eigenvalue weighted by molar-refractivity contribution is 0.199. The molecular formula is C13H21BrN6O. The highest BCUT2D eigenvalue weighted by Gasteiger charge is 2.13. The van der Waals surface area contributed by atoms with Crippen LogP contribution < -0.4 is 5.32 Å². The van der Waals surface area contributed by atoms with Crippen molar-refractivity contribution in [3.05, 3.63) is 27.8 Å². The van der Waals surface area contributed by atoms with Crippen LogP contribution in [-0.4, -0.2) is 45.0 Å². The van der Waals surface area contributed by atoms with E-state index in [4.69, 9.17) is 4.74 Å². The van der Waals surface area contributed by atoms with E-state index < -0.39 is 0 Å². The number of nitrogens with one attached hydrogen (secondary N) is 1. The Bertz CT molecular complexity index is 579. The van der Waals surface area contributed by atoms with Crippen LogP contribution >= 0.6 is 15.9 Å². The van der Waals surface area contributed by atoms with Crippen LogP contribution in [0.4, 0.5) is 0 Å². The summed E-state index contributed by atoms with van der Waals surface area (Å²) in [5, 5.41) is 16.1. The molecule has 0 bridgehead atoms. The summed E-state index contributed by atoms with van der Waals surface area (Å²) in [7, 11) is 1.69. The molecule has 21 heavy (non-hydrogen) atoms. The van der Waals surface area contributed by atoms with E-state index in [1.165, 1.54) is 0 Å². The minimum atomic E-state index is 0.653. The minimum absolute atomic E-state index is 0.653. The minimum Gasteiger partial charge on any atom is -0.383 e. The Morgan fingerprint density at radius 2 is 2.24 bits per heavy atom. The maximum absolute atomic E-state index is 4.99. The molecule has 0 aliphatic rings. The highest BCUT2D eigenvalue weighted by Crippen LogP contribution is 2.21. The highest BCUT2D eigenvalue weighted by atomic mass is 79.9. The van der Waals surface area contributed by atoms with Crippen LogP contribution in [0.3, 0.4) is 0 Å². The smallest absolute Gasteiger partial charge is 0.0965 e. The van der Waals surface area contributed by atoms with Crippen LogP contribution in [0.2, 0.25) is 0 Å². The van der Waals surface area contributed by atoms with Crippen LogP contribution in [0, 0.1) is 6.92 Å². The Labute approximate surface area is 132 Å². The molecule has 2 heterocycles. The van der Waals surface area contributed by atoms with Gasteiger partial charge < -0.3 is 10.1 Å². The van der Waals surface area contributed by atoms with Gasteiger partial charge in [-0.1, -0.05) is 5.21 Å². The van der Waals surface area contributed by atoms with Crippen molar-refractivity contribution in [1.82, 2.24) is 30.1 Å². The first-order chi connectivity index (χ1) is 10.2. The van der Waals surface area contributed by atoms with Gasteiger partial charge in [-0.2, -0.15) is 5.10 Å². The number of halogens is 1. The molecule has 8 heteroatoms. The Kier molecular flexibility index (Phi) is 5.89. The standard InChI is InChI=1S/C13H21BrN6O/c1-4-20-12(13(14)10(2)17-20)9-19-8-11(16-18-19)7-15-5-6-21-3/h8,15H,4-7,9H2,1-3H3. The van der Waals surface area contributed by atoms with Crippen molar-refractivity contribution in [1.29, 1.82) is 0 Å². The zero-order chi connectivity index (χ0) is 15.2. The fourth-order valence-corrected chi connectivity index (χ4v) is 2.47. The summed E-state index contributed by atoms with van der Waals surface area (Å²) in [5.41, 5.74) is 3.02. The third-order valence-corrected chi connectivity index (χ3v) is 4.17. The predicted octanol–water partition coefficient (Wildman–Crippen LogP) is 1.35. The summed E-state index contributed by atoms with van der Waals surface area (Å²) in [4.78, 5) is 0. The fourth-order valence-electron chi connectivity index (χ4n) is 2.06. The van der Waals surface area contributed by atoms with Crippen LogP contribution in [-0.2, 0) is 24.4 Å². The molecule has 0 saturated carbocycles. The largest absolute Gasteiger partial charge is 0.383 e. The predicted molar refractivity (Wildman–Crippen MR) is 83.0 cm³/mol. The molecule has 0 amide bonds. The number of aromatic nitrogens is 5. The van der Waals surface area contributed by atoms with Gasteiger partial charge in [0.15, 0.2) is 0 Å². The van der Waals surface area contributed by atoms with Crippen molar-refractivity contribution in [2.75, 3.05) is 20.3 Å². The SMILES string of the molecule is CCn1nc(C)c(Br)c1Cn1cc(CNCCOC)nn1. The van der Waals surface area contributed by atoms with Gasteiger partial charge in [0.05, 0.1) is 40.9 Å². The van der Waals surface area contributed by atoms with Crippen LogP contribution in [0.1, 0.15) is 24.0 Å². The molecule has 0 fully saturated rings. The molecule has 0 aromatic carbocycles. The summed E-state index contributed by atoms with van der Waals surface area (Å²) in [5.74, 6) is 0. The number of hydrogen-bond donors (Lipinski definition) is 1. The number of ether oxygens (including phenoxy) is 1. The van der Waals surface area contributed by atoms with Gasteiger partial charge in [-0.25, -0.2) is 4.68 Å². The van der Waals surface area contributed by atoms with Gasteiger partial charge >= 0.3 is 0 Å². The van der Waals surface area contributed by atoms with E-state index in [1.54, 1.807) is 7.11 Å². The number of nitrogens with zero attached hydrogens (tertiary/aromatic N) is 5. The lowest BCUT2D eigenvalue weighted by Crippen LogP contribution is -2.18. The Morgan fingerprint density at radius 1 is 1.43 bits per heavy atom. The van der Waals surface area contributed by atoms with Crippen molar-refractivity contribution < 1.29 is 4.74 Å². The molecule has 0 aliphatic heterocycles. The molecule has 2 aromatic rings. The third kappa shape index (κ3) is 4.12. The van der Waals surface area contributed by atoms with Gasteiger partial charge in [-0.3, -0.25) is 4.68 Å². The Balaban J connectivity index is 1.99. The molecular weight excluding hydrogens is 336 g/mol. The molecule has 0 unspecified atom stereocenters. The van der Waals surface area contributed by atoms with E-state index in [9.17, 15) is 0 Å². The second kappa shape index (κ2) is 7.67. The van der Waals surface area contributed by atoms with Crippen LogP contribution in [0.25, 0.3) is 0 Å². The summed E-state index contributed by atoms with van der Waals surface area (Å²) in [6.45, 7) is 7.74. The zero-order valence-electron chi connectivity index (χ0n) is 12.6. The Morgan fingerprint density at radius 3 is 2.95 bits per heavy atom. The van der Waals surface area contributed by atoms with E-state index in [2.05, 4.69) is 43.6 Å². The first kappa shape index (κ1) is 16.1. The second-order valence-electron chi connectivity index (χ2n) is 4.74. The van der Waals surface area contributed by atoms with E-state index in [0.717, 1.165) is 34.6 Å². The molecule has 7 nitrogen and oxygen atoms in total. The summed E-state index contributed by atoms with van der Waals surface area (Å²) in [6.07, 6.45) is 1.95. The van der Waals surface area contributed by atoms with Crippen LogP contribution in [0.15, 0.2) is 10.7 Å². The van der Waals surface area contributed by atoms with E-state index >= 15 is 0 Å². The van der Waals surface area contributed by atoms with Crippen molar-refractivity contribution >= 4 is 15.9 Å². The van der Waals surface area contributed by atoms with Crippen molar-refractivity contribution in [2.45, 2.75) is 33.5 Å². The molecule has 2 rings (SSSR count). The second-order valence-corrected chi connectivity index (χ2v) is 5.53. The molecule has 0 atom stereocenters. The van der Waals surface area contributed by atoms with E-state index in [1.807, 2.05) is 22.5 Å². The summed E-state index contributed by atoms with van der Waals surface area (Å²) in [6, 6.07) is 0. The fraction of sp³-hybridized carbons (Fsp3) is 0.615. The number of hydrogen-bond acceptors (Lipinski definition) is 5. The maximum Gasteiger partial charge on any atom is 0.0965 e. The van der Waals surface area contributed by atoms with Crippen molar-refractivity contribution in [2.24, 2.45) is 0 Å². The zero-order valence-corrected chi connectivity index (χ0v) is 14.2. The average molecular weight is 357 g/mol. The molecule has 2 aromatic heterocycles. The number of rotatable bonds is 8. The van der Waals surface area contributed by atoms with E-state index in [-0.39, 0.29) is 0 Å². The van der Waals surface area contributed by atoms with Gasteiger partial charge in [0.2, 0.25) is 0 Å². The van der Waals surface area contributed by atoms with Gasteiger partial charge in [0, 0.05) is 26.7 Å². The number of methoxy groups -OCH3 is 1. The Hall–Kier alpha value is -1.25. The van der Waals surface area contributed by atoms with Gasteiger partial charge in [0.1, 0.15) is 0 Å². The van der Waals surface area contributed by atoms with Gasteiger partial charge in [-0.15, -0.1) is 5.10 Å². The normalized spacial score (nSPS) is 11.2. The quantitative estimate of drug-likeness (QED) is 0.723. The maximum atomic E-state index is 4.99. The first-order valence-corrected chi connectivity index (χ1v) is 7.75. The summed E-state index contributed by atoms with van der Waals surface area (Å²) >= 11 is 3.59. The molecule has 0 spiro atoms. The average Bonchev–Trinajstić information content (AvgIpc) is 3.03. The van der Waals surface area contributed by atoms with Crippen molar-refractivity contribution in [3.63, 3.8) is 0 Å². The molecule has 1 N–H and O–H groups in total. The topological polar surface area (TPSA) is 69.8 Å². The highest BCUT2D eigenvalue weighted by molar-refractivity contribution is 9.10. The van der Waals surface area contributed by atoms with Gasteiger partial charge in [0.25, 0.3) is 0 Å². The van der Waals surface area contributed by atoms with Crippen molar-refractivity contribution in [3.8, 4) is 0 Å². The summed E-state index contributed by atoms with van der Waals surface area (Å²) < 4.78 is 9.85. The lowest BCUT2D eigenvalue weighted by atomic mass is 10.3. The van der Waals surface area contributed by atoms with Gasteiger partial charge in [-0.05, 0) is 29.8 Å². The third-order valence-electron chi connectivity index (χ3n) is 3.14. The van der Waals surface area contributed by atoms with Crippen LogP contribution in [0.5, 0.6) is 0 Å². The molecule has 0 aliphatic carbocycles. The van der Waals surface area contributed by atoms with E-state index in [0.29, 0.717) is 19.7 Å². The first-order valence-electron chi connectivity index (χ1n) is 6.96. The molecule has 116 valence electrons. The molecule has 0 radical (unpaired) electrons. The number of aryl methyl sites for hydroxylation is 2.